The highest BCUT2D eigenvalue weighted by Gasteiger charge is 2.26. The Morgan fingerprint density at radius 3 is 2.93 bits per heavy atom. The minimum Gasteiger partial charge on any atom is -0.266 e. The van der Waals surface area contributed by atoms with E-state index >= 15 is 0 Å². The summed E-state index contributed by atoms with van der Waals surface area (Å²) >= 11 is 0. The van der Waals surface area contributed by atoms with Gasteiger partial charge in [0.2, 0.25) is 0 Å². The molecule has 0 fully saturated rings. The summed E-state index contributed by atoms with van der Waals surface area (Å²) < 4.78 is 25.5. The molecule has 0 unspecified atom stereocenters. The average Bonchev–Trinajstić information content (AvgIpc) is 2.71. The molecule has 2 heterocycles. The number of nitrogens with zero attached hydrogens (tertiary/aromatic N) is 2. The first-order valence-corrected chi connectivity index (χ1v) is 6.20. The molecule has 5 nitrogen and oxygen atoms in total. The van der Waals surface area contributed by atoms with Crippen molar-refractivity contribution in [3.63, 3.8) is 0 Å². The van der Waals surface area contributed by atoms with Crippen molar-refractivity contribution >= 4 is 10.0 Å². The lowest BCUT2D eigenvalue weighted by Crippen LogP contribution is -2.35. The van der Waals surface area contributed by atoms with E-state index in [9.17, 15) is 8.42 Å². The largest absolute Gasteiger partial charge is 0.266 e. The number of hydrogen-bond acceptors (Lipinski definition) is 3. The van der Waals surface area contributed by atoms with Crippen LogP contribution in [0.5, 0.6) is 0 Å². The molecule has 1 aliphatic rings. The van der Waals surface area contributed by atoms with E-state index in [1.54, 1.807) is 0 Å². The third-order valence-corrected chi connectivity index (χ3v) is 4.16. The quantitative estimate of drug-likeness (QED) is 0.758. The molecule has 82 valence electrons. The molecule has 0 amide bonds. The summed E-state index contributed by atoms with van der Waals surface area (Å²) in [6.07, 6.45) is 4.29. The molecule has 0 spiro atoms. The molecule has 0 aliphatic carbocycles. The molecule has 1 aliphatic heterocycles. The number of aromatic amines is 1. The van der Waals surface area contributed by atoms with Crippen LogP contribution in [0.2, 0.25) is 0 Å². The van der Waals surface area contributed by atoms with Crippen LogP contribution in [0.1, 0.15) is 13.3 Å². The maximum atomic E-state index is 12.0. The summed E-state index contributed by atoms with van der Waals surface area (Å²) in [6, 6.07) is 1.48. The molecule has 1 N–H and O–H groups in total. The van der Waals surface area contributed by atoms with Gasteiger partial charge < -0.3 is 0 Å². The van der Waals surface area contributed by atoms with Crippen molar-refractivity contribution in [2.24, 2.45) is 0 Å². The van der Waals surface area contributed by atoms with E-state index in [0.717, 1.165) is 12.0 Å². The lowest BCUT2D eigenvalue weighted by molar-refractivity contribution is 0.425. The van der Waals surface area contributed by atoms with Crippen LogP contribution in [0.25, 0.3) is 0 Å². The molecular formula is C9H13N3O2S. The predicted molar refractivity (Wildman–Crippen MR) is 55.7 cm³/mol. The van der Waals surface area contributed by atoms with E-state index in [0.29, 0.717) is 13.1 Å². The number of hydrogen-bond donors (Lipinski definition) is 1. The Morgan fingerprint density at radius 2 is 2.33 bits per heavy atom. The summed E-state index contributed by atoms with van der Waals surface area (Å²) in [5, 5.41) is 6.31. The van der Waals surface area contributed by atoms with Crippen LogP contribution in [-0.2, 0) is 10.0 Å². The Kier molecular flexibility index (Phi) is 2.62. The van der Waals surface area contributed by atoms with Gasteiger partial charge in [0.15, 0.2) is 5.03 Å². The van der Waals surface area contributed by atoms with Gasteiger partial charge in [0.25, 0.3) is 10.0 Å². The fourth-order valence-electron chi connectivity index (χ4n) is 1.61. The van der Waals surface area contributed by atoms with Gasteiger partial charge in [-0.3, -0.25) is 5.10 Å². The zero-order chi connectivity index (χ0) is 10.9. The molecule has 0 radical (unpaired) electrons. The molecule has 0 aromatic carbocycles. The van der Waals surface area contributed by atoms with Gasteiger partial charge in [0.1, 0.15) is 0 Å². The minimum absolute atomic E-state index is 0.164. The zero-order valence-electron chi connectivity index (χ0n) is 8.47. The number of H-pyrrole nitrogens is 1. The highest BCUT2D eigenvalue weighted by Crippen LogP contribution is 2.18. The van der Waals surface area contributed by atoms with Gasteiger partial charge in [-0.1, -0.05) is 11.6 Å². The van der Waals surface area contributed by atoms with E-state index in [1.165, 1.54) is 16.6 Å². The molecule has 0 atom stereocenters. The second-order valence-electron chi connectivity index (χ2n) is 3.60. The molecule has 6 heteroatoms. The second kappa shape index (κ2) is 3.79. The maximum absolute atomic E-state index is 12.0. The monoisotopic (exact) mass is 227 g/mol. The van der Waals surface area contributed by atoms with E-state index in [2.05, 4.69) is 16.3 Å². The number of sulfonamides is 1. The number of nitrogens with one attached hydrogen (secondary N) is 1. The van der Waals surface area contributed by atoms with Crippen LogP contribution in [0.15, 0.2) is 28.9 Å². The van der Waals surface area contributed by atoms with Crippen molar-refractivity contribution in [1.82, 2.24) is 14.5 Å². The topological polar surface area (TPSA) is 66.1 Å². The predicted octanol–water partition coefficient (Wildman–Crippen LogP) is 0.750. The van der Waals surface area contributed by atoms with Crippen molar-refractivity contribution in [1.29, 1.82) is 0 Å². The SMILES string of the molecule is CC1=CCCN(S(=O)(=O)c2ccn[nH]2)C1. The lowest BCUT2D eigenvalue weighted by atomic mass is 10.2. The highest BCUT2D eigenvalue weighted by atomic mass is 32.2. The van der Waals surface area contributed by atoms with Crippen LogP contribution < -0.4 is 0 Å². The van der Waals surface area contributed by atoms with E-state index in [-0.39, 0.29) is 5.03 Å². The van der Waals surface area contributed by atoms with Gasteiger partial charge >= 0.3 is 0 Å². The van der Waals surface area contributed by atoms with Crippen LogP contribution >= 0.6 is 0 Å². The molecule has 0 saturated carbocycles. The van der Waals surface area contributed by atoms with Gasteiger partial charge in [-0.05, 0) is 19.4 Å². The first kappa shape index (κ1) is 10.4. The standard InChI is InChI=1S/C9H13N3O2S/c1-8-3-2-6-12(7-8)15(13,14)9-4-5-10-11-9/h3-5H,2,6-7H2,1H3,(H,10,11). The fraction of sp³-hybridized carbons (Fsp3) is 0.444. The molecular weight excluding hydrogens is 214 g/mol. The smallest absolute Gasteiger partial charge is 0.260 e. The molecule has 0 saturated heterocycles. The number of aromatic nitrogens is 2. The van der Waals surface area contributed by atoms with Crippen molar-refractivity contribution in [2.75, 3.05) is 13.1 Å². The highest BCUT2D eigenvalue weighted by molar-refractivity contribution is 7.89. The normalized spacial score (nSPS) is 18.9. The zero-order valence-corrected chi connectivity index (χ0v) is 9.29. The van der Waals surface area contributed by atoms with Crippen molar-refractivity contribution in [3.05, 3.63) is 23.9 Å². The second-order valence-corrected chi connectivity index (χ2v) is 5.50. The van der Waals surface area contributed by atoms with Gasteiger partial charge in [-0.15, -0.1) is 0 Å². The Morgan fingerprint density at radius 1 is 1.53 bits per heavy atom. The summed E-state index contributed by atoms with van der Waals surface area (Å²) in [4.78, 5) is 0. The van der Waals surface area contributed by atoms with Gasteiger partial charge in [-0.25, -0.2) is 8.42 Å². The summed E-state index contributed by atoms with van der Waals surface area (Å²) in [5.74, 6) is 0. The lowest BCUT2D eigenvalue weighted by Gasteiger charge is -2.24. The van der Waals surface area contributed by atoms with Crippen LogP contribution in [0.4, 0.5) is 0 Å². The Balaban J connectivity index is 2.28. The average molecular weight is 227 g/mol. The Labute approximate surface area is 88.8 Å². The fourth-order valence-corrected chi connectivity index (χ4v) is 3.01. The van der Waals surface area contributed by atoms with Crippen molar-refractivity contribution < 1.29 is 8.42 Å². The summed E-state index contributed by atoms with van der Waals surface area (Å²) in [7, 11) is -3.38. The molecule has 1 aromatic rings. The van der Waals surface area contributed by atoms with Crippen LogP contribution in [-0.4, -0.2) is 36.0 Å². The molecule has 1 aromatic heterocycles. The van der Waals surface area contributed by atoms with Gasteiger partial charge in [0.05, 0.1) is 6.20 Å². The number of rotatable bonds is 2. The third kappa shape index (κ3) is 1.95. The minimum atomic E-state index is -3.38. The molecule has 15 heavy (non-hydrogen) atoms. The van der Waals surface area contributed by atoms with Crippen molar-refractivity contribution in [3.8, 4) is 0 Å². The van der Waals surface area contributed by atoms with E-state index < -0.39 is 10.0 Å². The third-order valence-electron chi connectivity index (χ3n) is 2.39. The van der Waals surface area contributed by atoms with Crippen LogP contribution in [0, 0.1) is 0 Å². The Bertz CT molecular complexity index is 462. The van der Waals surface area contributed by atoms with Gasteiger partial charge in [0, 0.05) is 13.1 Å². The van der Waals surface area contributed by atoms with Crippen LogP contribution in [0.3, 0.4) is 0 Å². The Hall–Kier alpha value is -1.14. The molecule has 2 rings (SSSR count). The first-order chi connectivity index (χ1) is 7.10. The maximum Gasteiger partial charge on any atom is 0.260 e. The summed E-state index contributed by atoms with van der Waals surface area (Å²) in [5.41, 5.74) is 1.09. The first-order valence-electron chi connectivity index (χ1n) is 4.76. The van der Waals surface area contributed by atoms with Gasteiger partial charge in [-0.2, -0.15) is 9.40 Å². The van der Waals surface area contributed by atoms with E-state index in [4.69, 9.17) is 0 Å². The van der Waals surface area contributed by atoms with E-state index in [1.807, 2.05) is 6.92 Å². The summed E-state index contributed by atoms with van der Waals surface area (Å²) in [6.45, 7) is 2.95. The molecule has 0 bridgehead atoms. The van der Waals surface area contributed by atoms with Crippen molar-refractivity contribution in [2.45, 2.75) is 18.4 Å².